The van der Waals surface area contributed by atoms with Crippen LogP contribution >= 0.6 is 24.0 Å². The molecule has 2 rings (SSSR count). The van der Waals surface area contributed by atoms with Crippen LogP contribution in [0.4, 0.5) is 0 Å². The number of aliphatic hydroxyl groups excluding tert-OH is 1. The van der Waals surface area contributed by atoms with Crippen LogP contribution in [0.5, 0.6) is 5.75 Å². The van der Waals surface area contributed by atoms with Gasteiger partial charge in [0.2, 0.25) is 5.91 Å². The summed E-state index contributed by atoms with van der Waals surface area (Å²) < 4.78 is 5.57. The van der Waals surface area contributed by atoms with Crippen LogP contribution in [-0.4, -0.2) is 64.4 Å². The Bertz CT molecular complexity index is 704. The fourth-order valence-corrected chi connectivity index (χ4v) is 3.80. The molecule has 0 bridgehead atoms. The van der Waals surface area contributed by atoms with Crippen molar-refractivity contribution in [1.29, 1.82) is 0 Å². The molecule has 8 heteroatoms. The molecule has 1 aromatic rings. The van der Waals surface area contributed by atoms with Crippen LogP contribution in [0.15, 0.2) is 29.2 Å². The second kappa shape index (κ2) is 9.70. The van der Waals surface area contributed by atoms with E-state index in [2.05, 4.69) is 0 Å². The minimum absolute atomic E-state index is 0.0781. The van der Waals surface area contributed by atoms with Gasteiger partial charge in [0.15, 0.2) is 0 Å². The molecule has 6 nitrogen and oxygen atoms in total. The summed E-state index contributed by atoms with van der Waals surface area (Å²) in [4.78, 5) is 28.3. The van der Waals surface area contributed by atoms with E-state index >= 15 is 0 Å². The second-order valence-electron chi connectivity index (χ2n) is 5.55. The number of benzene rings is 1. The van der Waals surface area contributed by atoms with E-state index in [0.717, 1.165) is 11.3 Å². The molecule has 0 aliphatic carbocycles. The number of rotatable bonds is 8. The average Bonchev–Trinajstić information content (AvgIpc) is 2.91. The van der Waals surface area contributed by atoms with Gasteiger partial charge in [-0.15, -0.1) is 0 Å². The van der Waals surface area contributed by atoms with Crippen LogP contribution in [-0.2, 0) is 9.59 Å². The maximum absolute atomic E-state index is 12.6. The minimum atomic E-state index is -0.186. The number of thiocarbonyl (C=S) groups is 1. The fourth-order valence-electron chi connectivity index (χ4n) is 2.49. The summed E-state index contributed by atoms with van der Waals surface area (Å²) >= 11 is 6.53. The second-order valence-corrected chi connectivity index (χ2v) is 7.23. The molecule has 1 N–H and O–H groups in total. The molecule has 0 atom stereocenters. The highest BCUT2D eigenvalue weighted by Crippen LogP contribution is 2.32. The Morgan fingerprint density at radius 1 is 1.38 bits per heavy atom. The summed E-state index contributed by atoms with van der Waals surface area (Å²) in [5, 5.41) is 8.99. The summed E-state index contributed by atoms with van der Waals surface area (Å²) in [6.07, 6.45) is 1.96. The molecule has 1 heterocycles. The lowest BCUT2D eigenvalue weighted by atomic mass is 10.2. The number of amides is 2. The number of likely N-dealkylation sites (N-methyl/N-ethyl adjacent to an activating group) is 1. The van der Waals surface area contributed by atoms with Gasteiger partial charge in [-0.3, -0.25) is 14.5 Å². The van der Waals surface area contributed by atoms with Gasteiger partial charge < -0.3 is 14.7 Å². The minimum Gasteiger partial charge on any atom is -0.497 e. The SMILES string of the molecule is CCN(CCO)C(=O)CCN1C(=O)/C(=C/c2ccc(OC)cc2)SC1=S. The third-order valence-electron chi connectivity index (χ3n) is 3.94. The molecule has 0 spiro atoms. The zero-order valence-electron chi connectivity index (χ0n) is 14.8. The van der Waals surface area contributed by atoms with Crippen LogP contribution in [0.1, 0.15) is 18.9 Å². The molecule has 1 aliphatic rings. The van der Waals surface area contributed by atoms with Crippen molar-refractivity contribution in [1.82, 2.24) is 9.80 Å². The van der Waals surface area contributed by atoms with Gasteiger partial charge >= 0.3 is 0 Å². The summed E-state index contributed by atoms with van der Waals surface area (Å²) in [5.41, 5.74) is 0.877. The molecule has 1 saturated heterocycles. The van der Waals surface area contributed by atoms with Gasteiger partial charge in [0.25, 0.3) is 5.91 Å². The number of ether oxygens (including phenoxy) is 1. The van der Waals surface area contributed by atoms with E-state index in [-0.39, 0.29) is 31.4 Å². The summed E-state index contributed by atoms with van der Waals surface area (Å²) in [5.74, 6) is 0.458. The summed E-state index contributed by atoms with van der Waals surface area (Å²) in [7, 11) is 1.60. The lowest BCUT2D eigenvalue weighted by molar-refractivity contribution is -0.132. The quantitative estimate of drug-likeness (QED) is 0.538. The first kappa shape index (κ1) is 20.4. The van der Waals surface area contributed by atoms with Crippen molar-refractivity contribution in [3.63, 3.8) is 0 Å². The van der Waals surface area contributed by atoms with Gasteiger partial charge in [-0.1, -0.05) is 36.1 Å². The van der Waals surface area contributed by atoms with Crippen LogP contribution in [0.2, 0.25) is 0 Å². The standard InChI is InChI=1S/C18H22N2O4S2/c1-3-19(10-11-21)16(22)8-9-20-17(23)15(26-18(20)25)12-13-4-6-14(24-2)7-5-13/h4-7,12,21H,3,8-11H2,1-2H3/b15-12-. The number of carbonyl (C=O) groups excluding carboxylic acids is 2. The first-order valence-corrected chi connectivity index (χ1v) is 9.50. The third-order valence-corrected chi connectivity index (χ3v) is 5.32. The number of aliphatic hydroxyl groups is 1. The number of nitrogens with zero attached hydrogens (tertiary/aromatic N) is 2. The molecule has 1 aromatic carbocycles. The van der Waals surface area contributed by atoms with Crippen LogP contribution < -0.4 is 4.74 Å². The molecule has 2 amide bonds. The summed E-state index contributed by atoms with van der Waals surface area (Å²) in [6, 6.07) is 7.38. The normalized spacial score (nSPS) is 15.7. The molecule has 1 fully saturated rings. The van der Waals surface area contributed by atoms with Gasteiger partial charge in [-0.2, -0.15) is 0 Å². The molecule has 0 radical (unpaired) electrons. The number of thioether (sulfide) groups is 1. The number of methoxy groups -OCH3 is 1. The van der Waals surface area contributed by atoms with E-state index < -0.39 is 0 Å². The van der Waals surface area contributed by atoms with Gasteiger partial charge in [0.1, 0.15) is 10.1 Å². The van der Waals surface area contributed by atoms with E-state index in [9.17, 15) is 9.59 Å². The van der Waals surface area contributed by atoms with Crippen molar-refractivity contribution in [3.8, 4) is 5.75 Å². The van der Waals surface area contributed by atoms with Crippen LogP contribution in [0, 0.1) is 0 Å². The smallest absolute Gasteiger partial charge is 0.266 e. The Morgan fingerprint density at radius 3 is 2.65 bits per heavy atom. The van der Waals surface area contributed by atoms with E-state index in [1.807, 2.05) is 31.2 Å². The molecule has 0 unspecified atom stereocenters. The molecule has 0 saturated carbocycles. The van der Waals surface area contributed by atoms with Crippen molar-refractivity contribution in [2.24, 2.45) is 0 Å². The Kier molecular flexibility index (Phi) is 7.62. The molecule has 140 valence electrons. The third kappa shape index (κ3) is 5.06. The molecule has 0 aromatic heterocycles. The van der Waals surface area contributed by atoms with Crippen molar-refractivity contribution < 1.29 is 19.4 Å². The van der Waals surface area contributed by atoms with Crippen LogP contribution in [0.25, 0.3) is 6.08 Å². The Morgan fingerprint density at radius 2 is 2.08 bits per heavy atom. The average molecular weight is 395 g/mol. The van der Waals surface area contributed by atoms with E-state index in [1.165, 1.54) is 16.7 Å². The van der Waals surface area contributed by atoms with Crippen molar-refractivity contribution in [2.75, 3.05) is 33.4 Å². The lowest BCUT2D eigenvalue weighted by Gasteiger charge is -2.21. The molecule has 1 aliphatic heterocycles. The fraction of sp³-hybridized carbons (Fsp3) is 0.389. The van der Waals surface area contributed by atoms with Crippen LogP contribution in [0.3, 0.4) is 0 Å². The zero-order chi connectivity index (χ0) is 19.1. The van der Waals surface area contributed by atoms with Crippen molar-refractivity contribution in [3.05, 3.63) is 34.7 Å². The highest BCUT2D eigenvalue weighted by Gasteiger charge is 2.32. The highest BCUT2D eigenvalue weighted by molar-refractivity contribution is 8.26. The Balaban J connectivity index is 2.01. The first-order valence-electron chi connectivity index (χ1n) is 8.28. The molecular weight excluding hydrogens is 372 g/mol. The predicted molar refractivity (Wildman–Crippen MR) is 107 cm³/mol. The van der Waals surface area contributed by atoms with Gasteiger partial charge in [-0.05, 0) is 30.7 Å². The first-order chi connectivity index (χ1) is 12.5. The van der Waals surface area contributed by atoms with Crippen molar-refractivity contribution >= 4 is 46.2 Å². The van der Waals surface area contributed by atoms with Gasteiger partial charge in [0.05, 0.1) is 18.6 Å². The number of hydrogen-bond acceptors (Lipinski definition) is 6. The summed E-state index contributed by atoms with van der Waals surface area (Å²) in [6.45, 7) is 2.83. The van der Waals surface area contributed by atoms with Crippen molar-refractivity contribution in [2.45, 2.75) is 13.3 Å². The van der Waals surface area contributed by atoms with E-state index in [0.29, 0.717) is 22.3 Å². The highest BCUT2D eigenvalue weighted by atomic mass is 32.2. The number of hydrogen-bond donors (Lipinski definition) is 1. The number of carbonyl (C=O) groups is 2. The molecule has 26 heavy (non-hydrogen) atoms. The topological polar surface area (TPSA) is 70.1 Å². The largest absolute Gasteiger partial charge is 0.497 e. The Labute approximate surface area is 162 Å². The van der Waals surface area contributed by atoms with E-state index in [4.69, 9.17) is 22.1 Å². The van der Waals surface area contributed by atoms with Gasteiger partial charge in [-0.25, -0.2) is 0 Å². The predicted octanol–water partition coefficient (Wildman–Crippen LogP) is 2.13. The van der Waals surface area contributed by atoms with Gasteiger partial charge in [0, 0.05) is 26.1 Å². The maximum atomic E-state index is 12.6. The zero-order valence-corrected chi connectivity index (χ0v) is 16.4. The maximum Gasteiger partial charge on any atom is 0.266 e. The molecular formula is C18H22N2O4S2. The monoisotopic (exact) mass is 394 g/mol. The lowest BCUT2D eigenvalue weighted by Crippen LogP contribution is -2.37. The Hall–Kier alpha value is -1.90. The van der Waals surface area contributed by atoms with E-state index in [1.54, 1.807) is 18.1 Å².